The van der Waals surface area contributed by atoms with Crippen LogP contribution in [0.2, 0.25) is 0 Å². The number of allylic oxidation sites excluding steroid dienone is 2. The van der Waals surface area contributed by atoms with Crippen LogP contribution >= 0.6 is 0 Å². The van der Waals surface area contributed by atoms with E-state index in [0.29, 0.717) is 6.42 Å². The minimum absolute atomic E-state index is 0. The molecule has 0 spiro atoms. The van der Waals surface area contributed by atoms with Crippen LogP contribution < -0.4 is 6.15 Å². The van der Waals surface area contributed by atoms with Crippen LogP contribution in [0.1, 0.15) is 96.8 Å². The van der Waals surface area contributed by atoms with Crippen molar-refractivity contribution in [3.63, 3.8) is 0 Å². The Bertz CT molecular complexity index is 275. The number of unbranched alkanes of at least 4 members (excludes halogenated alkanes) is 11. The fourth-order valence-corrected chi connectivity index (χ4v) is 2.57. The van der Waals surface area contributed by atoms with Gasteiger partial charge in [0.2, 0.25) is 5.91 Å². The molecule has 23 heavy (non-hydrogen) atoms. The van der Waals surface area contributed by atoms with Crippen molar-refractivity contribution in [3.05, 3.63) is 12.2 Å². The second kappa shape index (κ2) is 19.2. The van der Waals surface area contributed by atoms with Gasteiger partial charge in [-0.3, -0.25) is 4.79 Å². The maximum Gasteiger partial charge on any atom is 0.222 e. The van der Waals surface area contributed by atoms with Gasteiger partial charge in [0.15, 0.2) is 0 Å². The molecule has 0 aromatic rings. The molecule has 0 aromatic carbocycles. The number of rotatable bonds is 15. The zero-order chi connectivity index (χ0) is 16.5. The summed E-state index contributed by atoms with van der Waals surface area (Å²) in [7, 11) is 3.67. The lowest BCUT2D eigenvalue weighted by molar-refractivity contribution is -0.128. The SMILES string of the molecule is CCCCCCCC/C=C\CCCCCCCC(=O)N(C)C.N. The van der Waals surface area contributed by atoms with Gasteiger partial charge in [0.05, 0.1) is 0 Å². The van der Waals surface area contributed by atoms with E-state index in [2.05, 4.69) is 19.1 Å². The first-order chi connectivity index (χ1) is 10.7. The average molecular weight is 327 g/mol. The van der Waals surface area contributed by atoms with E-state index in [1.54, 1.807) is 4.90 Å². The van der Waals surface area contributed by atoms with Gasteiger partial charge >= 0.3 is 0 Å². The zero-order valence-corrected chi connectivity index (χ0v) is 16.1. The van der Waals surface area contributed by atoms with Crippen molar-refractivity contribution in [2.75, 3.05) is 14.1 Å². The summed E-state index contributed by atoms with van der Waals surface area (Å²) in [5.41, 5.74) is 0. The lowest BCUT2D eigenvalue weighted by Gasteiger charge is -2.09. The lowest BCUT2D eigenvalue weighted by Crippen LogP contribution is -2.20. The van der Waals surface area contributed by atoms with Crippen LogP contribution in [-0.2, 0) is 4.79 Å². The van der Waals surface area contributed by atoms with Crippen molar-refractivity contribution in [2.24, 2.45) is 0 Å². The van der Waals surface area contributed by atoms with Crippen LogP contribution in [0, 0.1) is 0 Å². The topological polar surface area (TPSA) is 55.3 Å². The fourth-order valence-electron chi connectivity index (χ4n) is 2.57. The number of amides is 1. The summed E-state index contributed by atoms with van der Waals surface area (Å²) < 4.78 is 0. The molecule has 0 aliphatic heterocycles. The number of hydrogen-bond donors (Lipinski definition) is 1. The summed E-state index contributed by atoms with van der Waals surface area (Å²) in [4.78, 5) is 13.1. The summed E-state index contributed by atoms with van der Waals surface area (Å²) >= 11 is 0. The van der Waals surface area contributed by atoms with Gasteiger partial charge in [-0.15, -0.1) is 0 Å². The molecule has 138 valence electrons. The smallest absolute Gasteiger partial charge is 0.222 e. The van der Waals surface area contributed by atoms with Gasteiger partial charge in [0.1, 0.15) is 0 Å². The summed E-state index contributed by atoms with van der Waals surface area (Å²) in [5, 5.41) is 0. The van der Waals surface area contributed by atoms with Gasteiger partial charge in [0.25, 0.3) is 0 Å². The maximum absolute atomic E-state index is 11.4. The second-order valence-electron chi connectivity index (χ2n) is 6.62. The molecule has 3 nitrogen and oxygen atoms in total. The molecule has 0 aromatic heterocycles. The highest BCUT2D eigenvalue weighted by Gasteiger charge is 2.02. The third kappa shape index (κ3) is 19.1. The molecule has 0 fully saturated rings. The number of carbonyl (C=O) groups is 1. The third-order valence-electron chi connectivity index (χ3n) is 4.15. The standard InChI is InChI=1S/C20H39NO.H3N/c1-4-5-6-7-8-9-10-11-12-13-14-15-16-17-18-19-20(22)21(2)3;/h11-12H,4-10,13-19H2,1-3H3;1H3/b12-11-;. The first-order valence-electron chi connectivity index (χ1n) is 9.53. The Morgan fingerprint density at radius 3 is 1.65 bits per heavy atom. The Balaban J connectivity index is 0. The van der Waals surface area contributed by atoms with E-state index in [-0.39, 0.29) is 12.1 Å². The van der Waals surface area contributed by atoms with Crippen LogP contribution in [0.5, 0.6) is 0 Å². The molecule has 3 N–H and O–H groups in total. The van der Waals surface area contributed by atoms with E-state index in [1.165, 1.54) is 77.0 Å². The van der Waals surface area contributed by atoms with E-state index in [0.717, 1.165) is 6.42 Å². The van der Waals surface area contributed by atoms with Crippen LogP contribution in [0.3, 0.4) is 0 Å². The zero-order valence-electron chi connectivity index (χ0n) is 16.1. The van der Waals surface area contributed by atoms with Gasteiger partial charge < -0.3 is 11.1 Å². The quantitative estimate of drug-likeness (QED) is 0.284. The fraction of sp³-hybridized carbons (Fsp3) is 0.850. The minimum Gasteiger partial charge on any atom is -0.349 e. The van der Waals surface area contributed by atoms with E-state index < -0.39 is 0 Å². The Morgan fingerprint density at radius 2 is 1.17 bits per heavy atom. The number of hydrogen-bond acceptors (Lipinski definition) is 2. The minimum atomic E-state index is 0. The Kier molecular flexibility index (Phi) is 20.4. The molecule has 0 bridgehead atoms. The molecular formula is C20H42N2O. The molecule has 0 rings (SSSR count). The summed E-state index contributed by atoms with van der Waals surface area (Å²) in [6.45, 7) is 2.27. The van der Waals surface area contributed by atoms with Crippen LogP contribution in [0.25, 0.3) is 0 Å². The number of nitrogens with zero attached hydrogens (tertiary/aromatic N) is 1. The second-order valence-corrected chi connectivity index (χ2v) is 6.62. The highest BCUT2D eigenvalue weighted by atomic mass is 16.2. The molecule has 3 heteroatoms. The summed E-state index contributed by atoms with van der Waals surface area (Å²) in [6.07, 6.45) is 22.4. The molecule has 0 aliphatic rings. The molecule has 1 amide bonds. The normalized spacial score (nSPS) is 10.7. The van der Waals surface area contributed by atoms with Gasteiger partial charge in [0, 0.05) is 20.5 Å². The van der Waals surface area contributed by atoms with Gasteiger partial charge in [-0.05, 0) is 32.1 Å². The van der Waals surface area contributed by atoms with E-state index in [4.69, 9.17) is 0 Å². The van der Waals surface area contributed by atoms with Crippen molar-refractivity contribution in [3.8, 4) is 0 Å². The van der Waals surface area contributed by atoms with Crippen molar-refractivity contribution in [1.29, 1.82) is 0 Å². The van der Waals surface area contributed by atoms with Gasteiger partial charge in [-0.2, -0.15) is 0 Å². The largest absolute Gasteiger partial charge is 0.349 e. The van der Waals surface area contributed by atoms with Gasteiger partial charge in [-0.1, -0.05) is 70.4 Å². The average Bonchev–Trinajstić information content (AvgIpc) is 2.50. The first kappa shape index (κ1) is 24.4. The highest BCUT2D eigenvalue weighted by Crippen LogP contribution is 2.10. The predicted molar refractivity (Wildman–Crippen MR) is 103 cm³/mol. The molecule has 0 atom stereocenters. The molecule has 0 heterocycles. The Labute approximate surface area is 145 Å². The monoisotopic (exact) mass is 326 g/mol. The van der Waals surface area contributed by atoms with Crippen LogP contribution in [-0.4, -0.2) is 24.9 Å². The molecule has 0 aliphatic carbocycles. The van der Waals surface area contributed by atoms with Crippen molar-refractivity contribution < 1.29 is 4.79 Å². The predicted octanol–water partition coefficient (Wildman–Crippen LogP) is 6.27. The van der Waals surface area contributed by atoms with Crippen molar-refractivity contribution in [1.82, 2.24) is 11.1 Å². The van der Waals surface area contributed by atoms with Crippen molar-refractivity contribution in [2.45, 2.75) is 96.8 Å². The van der Waals surface area contributed by atoms with E-state index in [9.17, 15) is 4.79 Å². The lowest BCUT2D eigenvalue weighted by atomic mass is 10.1. The number of carbonyl (C=O) groups excluding carboxylic acids is 1. The maximum atomic E-state index is 11.4. The summed E-state index contributed by atoms with van der Waals surface area (Å²) in [5.74, 6) is 0.262. The highest BCUT2D eigenvalue weighted by molar-refractivity contribution is 5.75. The van der Waals surface area contributed by atoms with Crippen LogP contribution in [0.4, 0.5) is 0 Å². The van der Waals surface area contributed by atoms with E-state index in [1.807, 2.05) is 14.1 Å². The van der Waals surface area contributed by atoms with Crippen LogP contribution in [0.15, 0.2) is 12.2 Å². The molecule has 0 unspecified atom stereocenters. The first-order valence-corrected chi connectivity index (χ1v) is 9.53. The Morgan fingerprint density at radius 1 is 0.739 bits per heavy atom. The third-order valence-corrected chi connectivity index (χ3v) is 4.15. The van der Waals surface area contributed by atoms with Crippen molar-refractivity contribution >= 4 is 5.91 Å². The molecule has 0 saturated carbocycles. The molecule has 0 saturated heterocycles. The summed E-state index contributed by atoms with van der Waals surface area (Å²) in [6, 6.07) is 0. The molecular weight excluding hydrogens is 284 g/mol. The van der Waals surface area contributed by atoms with Gasteiger partial charge in [-0.25, -0.2) is 0 Å². The van der Waals surface area contributed by atoms with E-state index >= 15 is 0 Å². The molecule has 0 radical (unpaired) electrons. The Hall–Kier alpha value is -0.830.